The van der Waals surface area contributed by atoms with Gasteiger partial charge in [0, 0.05) is 17.7 Å². The molecule has 1 amide bonds. The molecule has 1 atom stereocenters. The predicted molar refractivity (Wildman–Crippen MR) is 125 cm³/mol. The normalized spacial score (nSPS) is 16.7. The van der Waals surface area contributed by atoms with E-state index in [0.717, 1.165) is 25.0 Å². The van der Waals surface area contributed by atoms with Crippen molar-refractivity contribution < 1.29 is 22.7 Å². The first-order chi connectivity index (χ1) is 14.9. The highest BCUT2D eigenvalue weighted by Crippen LogP contribution is 2.28. The topological polar surface area (TPSA) is 93.7 Å². The summed E-state index contributed by atoms with van der Waals surface area (Å²) in [7, 11) is -3.76. The average molecular weight is 461 g/mol. The van der Waals surface area contributed by atoms with Crippen LogP contribution < -0.4 is 14.8 Å². The van der Waals surface area contributed by atoms with Gasteiger partial charge in [0.05, 0.1) is 16.7 Å². The van der Waals surface area contributed by atoms with Crippen LogP contribution in [0.2, 0.25) is 0 Å². The molecule has 0 saturated carbocycles. The molecule has 32 heavy (non-hydrogen) atoms. The van der Waals surface area contributed by atoms with Crippen molar-refractivity contribution in [3.63, 3.8) is 0 Å². The monoisotopic (exact) mass is 460 g/mol. The molecule has 8 heteroatoms. The summed E-state index contributed by atoms with van der Waals surface area (Å²) in [6.07, 6.45) is 2.03. The van der Waals surface area contributed by atoms with Gasteiger partial charge in [-0.25, -0.2) is 13.1 Å². The van der Waals surface area contributed by atoms with Crippen molar-refractivity contribution in [2.75, 3.05) is 18.5 Å². The fourth-order valence-electron chi connectivity index (χ4n) is 3.48. The fourth-order valence-corrected chi connectivity index (χ4v) is 4.92. The minimum Gasteiger partial charge on any atom is -0.489 e. The summed E-state index contributed by atoms with van der Waals surface area (Å²) in [4.78, 5) is 13.1. The highest BCUT2D eigenvalue weighted by atomic mass is 32.2. The first kappa shape index (κ1) is 24.2. The highest BCUT2D eigenvalue weighted by molar-refractivity contribution is 7.89. The number of hydrogen-bond acceptors (Lipinski definition) is 5. The Morgan fingerprint density at radius 3 is 2.56 bits per heavy atom. The van der Waals surface area contributed by atoms with E-state index < -0.39 is 21.5 Å². The largest absolute Gasteiger partial charge is 0.489 e. The van der Waals surface area contributed by atoms with Crippen LogP contribution in [0.3, 0.4) is 0 Å². The number of aryl methyl sites for hydroxylation is 2. The Kier molecular flexibility index (Phi) is 7.27. The smallest absolute Gasteiger partial charge is 0.256 e. The summed E-state index contributed by atoms with van der Waals surface area (Å²) in [5.41, 5.74) is 1.85. The number of sulfonamides is 1. The second-order valence-electron chi connectivity index (χ2n) is 9.23. The van der Waals surface area contributed by atoms with Crippen LogP contribution in [0.1, 0.15) is 55.1 Å². The lowest BCUT2D eigenvalue weighted by molar-refractivity contribution is 0.0681. The van der Waals surface area contributed by atoms with E-state index in [-0.39, 0.29) is 16.6 Å². The molecule has 1 saturated heterocycles. The Labute approximate surface area is 190 Å². The van der Waals surface area contributed by atoms with Crippen molar-refractivity contribution >= 4 is 21.6 Å². The number of benzene rings is 2. The zero-order chi connectivity index (χ0) is 23.5. The second-order valence-corrected chi connectivity index (χ2v) is 10.9. The molecule has 1 unspecified atom stereocenters. The lowest BCUT2D eigenvalue weighted by atomic mass is 10.1. The van der Waals surface area contributed by atoms with Gasteiger partial charge in [0.1, 0.15) is 12.4 Å². The van der Waals surface area contributed by atoms with Gasteiger partial charge in [0.2, 0.25) is 10.0 Å². The maximum atomic E-state index is 13.1. The Morgan fingerprint density at radius 2 is 1.91 bits per heavy atom. The molecule has 7 nitrogen and oxygen atoms in total. The number of ether oxygens (including phenoxy) is 2. The molecule has 0 radical (unpaired) electrons. The zero-order valence-corrected chi connectivity index (χ0v) is 20.1. The summed E-state index contributed by atoms with van der Waals surface area (Å²) < 4.78 is 39.6. The third kappa shape index (κ3) is 6.31. The maximum Gasteiger partial charge on any atom is 0.256 e. The van der Waals surface area contributed by atoms with Gasteiger partial charge >= 0.3 is 0 Å². The van der Waals surface area contributed by atoms with Gasteiger partial charge in [-0.1, -0.05) is 12.1 Å². The first-order valence-corrected chi connectivity index (χ1v) is 12.2. The Balaban J connectivity index is 1.82. The highest BCUT2D eigenvalue weighted by Gasteiger charge is 2.24. The van der Waals surface area contributed by atoms with Crippen molar-refractivity contribution in [2.24, 2.45) is 0 Å². The van der Waals surface area contributed by atoms with Gasteiger partial charge in [0.25, 0.3) is 5.91 Å². The number of hydrogen-bond donors (Lipinski definition) is 2. The van der Waals surface area contributed by atoms with E-state index in [0.29, 0.717) is 23.6 Å². The van der Waals surface area contributed by atoms with Crippen LogP contribution in [0.5, 0.6) is 5.75 Å². The first-order valence-electron chi connectivity index (χ1n) is 10.8. The molecular weight excluding hydrogens is 428 g/mol. The van der Waals surface area contributed by atoms with E-state index in [1.807, 2.05) is 19.1 Å². The molecular formula is C24H32N2O5S. The minimum atomic E-state index is -3.76. The average Bonchev–Trinajstić information content (AvgIpc) is 3.20. The molecule has 1 heterocycles. The number of nitrogens with one attached hydrogen (secondary N) is 2. The van der Waals surface area contributed by atoms with E-state index in [1.54, 1.807) is 39.8 Å². The lowest BCUT2D eigenvalue weighted by Crippen LogP contribution is -2.40. The van der Waals surface area contributed by atoms with E-state index in [4.69, 9.17) is 9.47 Å². The van der Waals surface area contributed by atoms with Crippen LogP contribution in [0.15, 0.2) is 41.3 Å². The maximum absolute atomic E-state index is 13.1. The number of anilines is 1. The van der Waals surface area contributed by atoms with E-state index in [9.17, 15) is 13.2 Å². The molecule has 0 aromatic heterocycles. The Hall–Kier alpha value is -2.42. The molecule has 2 aromatic carbocycles. The number of carbonyl (C=O) groups excluding carboxylic acids is 1. The van der Waals surface area contributed by atoms with Crippen LogP contribution in [0.25, 0.3) is 0 Å². The predicted octanol–water partition coefficient (Wildman–Crippen LogP) is 4.19. The molecule has 2 N–H and O–H groups in total. The second kappa shape index (κ2) is 9.60. The van der Waals surface area contributed by atoms with Crippen LogP contribution in [-0.2, 0) is 14.8 Å². The van der Waals surface area contributed by atoms with Crippen molar-refractivity contribution in [1.82, 2.24) is 4.72 Å². The summed E-state index contributed by atoms with van der Waals surface area (Å²) >= 11 is 0. The van der Waals surface area contributed by atoms with Gasteiger partial charge in [-0.05, 0) is 82.9 Å². The lowest BCUT2D eigenvalue weighted by Gasteiger charge is -2.21. The van der Waals surface area contributed by atoms with Crippen LogP contribution in [0, 0.1) is 13.8 Å². The van der Waals surface area contributed by atoms with Gasteiger partial charge in [-0.3, -0.25) is 4.79 Å². The van der Waals surface area contributed by atoms with Crippen molar-refractivity contribution in [2.45, 2.75) is 64.0 Å². The molecule has 174 valence electrons. The summed E-state index contributed by atoms with van der Waals surface area (Å²) in [5.74, 6) is 0.158. The molecule has 0 aliphatic carbocycles. The number of amides is 1. The van der Waals surface area contributed by atoms with Gasteiger partial charge in [0.15, 0.2) is 0 Å². The standard InChI is InChI=1S/C24H32N2O5S/c1-16-8-11-21(22(13-16)31-15-18-7-6-12-30-18)25-23(27)20-14-19(10-9-17(20)2)32(28,29)26-24(3,4)5/h8-11,13-14,18,26H,6-7,12,15H2,1-5H3,(H,25,27). The quantitative estimate of drug-likeness (QED) is 0.646. The molecule has 1 aliphatic rings. The molecule has 1 aliphatic heterocycles. The summed E-state index contributed by atoms with van der Waals surface area (Å²) in [5, 5.41) is 2.88. The van der Waals surface area contributed by atoms with Gasteiger partial charge < -0.3 is 14.8 Å². The van der Waals surface area contributed by atoms with E-state index in [2.05, 4.69) is 10.0 Å². The molecule has 0 bridgehead atoms. The van der Waals surface area contributed by atoms with Gasteiger partial charge in [-0.15, -0.1) is 0 Å². The molecule has 3 rings (SSSR count). The van der Waals surface area contributed by atoms with E-state index >= 15 is 0 Å². The number of rotatable bonds is 7. The minimum absolute atomic E-state index is 0.0435. The van der Waals surface area contributed by atoms with Crippen LogP contribution in [0.4, 0.5) is 5.69 Å². The Bertz CT molecular complexity index is 1080. The number of carbonyl (C=O) groups is 1. The van der Waals surface area contributed by atoms with Crippen LogP contribution >= 0.6 is 0 Å². The summed E-state index contributed by atoms with van der Waals surface area (Å²) in [6.45, 7) is 10.2. The Morgan fingerprint density at radius 1 is 1.16 bits per heavy atom. The third-order valence-electron chi connectivity index (χ3n) is 5.04. The third-order valence-corrected chi connectivity index (χ3v) is 6.79. The molecule has 2 aromatic rings. The fraction of sp³-hybridized carbons (Fsp3) is 0.458. The van der Waals surface area contributed by atoms with Crippen molar-refractivity contribution in [1.29, 1.82) is 0 Å². The zero-order valence-electron chi connectivity index (χ0n) is 19.3. The SMILES string of the molecule is Cc1ccc(NC(=O)c2cc(S(=O)(=O)NC(C)(C)C)ccc2C)c(OCC2CCCO2)c1. The molecule has 0 spiro atoms. The molecule has 1 fully saturated rings. The van der Waals surface area contributed by atoms with Crippen LogP contribution in [-0.4, -0.2) is 39.2 Å². The van der Waals surface area contributed by atoms with Crippen molar-refractivity contribution in [3.8, 4) is 5.75 Å². The van der Waals surface area contributed by atoms with Crippen molar-refractivity contribution in [3.05, 3.63) is 53.1 Å². The summed E-state index contributed by atoms with van der Waals surface area (Å²) in [6, 6.07) is 10.1. The van der Waals surface area contributed by atoms with Gasteiger partial charge in [-0.2, -0.15) is 0 Å². The van der Waals surface area contributed by atoms with E-state index in [1.165, 1.54) is 12.1 Å².